The Kier molecular flexibility index (Phi) is 4.77. The van der Waals surface area contributed by atoms with Crippen molar-refractivity contribution in [3.63, 3.8) is 0 Å². The van der Waals surface area contributed by atoms with Gasteiger partial charge in [-0.25, -0.2) is 21.1 Å². The third kappa shape index (κ3) is 3.70. The van der Waals surface area contributed by atoms with Crippen LogP contribution in [0.5, 0.6) is 0 Å². The summed E-state index contributed by atoms with van der Waals surface area (Å²) in [7, 11) is -7.56. The second-order valence-corrected chi connectivity index (χ2v) is 10.2. The molecular weight excluding hydrogens is 388 g/mol. The molecule has 3 rings (SSSR count). The van der Waals surface area contributed by atoms with Crippen LogP contribution in [0.3, 0.4) is 0 Å². The lowest BCUT2D eigenvalue weighted by molar-refractivity contribution is -0.116. The van der Waals surface area contributed by atoms with Gasteiger partial charge in [0.15, 0.2) is 0 Å². The van der Waals surface area contributed by atoms with E-state index in [-0.39, 0.29) is 22.8 Å². The first-order valence-electron chi connectivity index (χ1n) is 8.28. The molecule has 1 fully saturated rings. The maximum absolute atomic E-state index is 12.8. The van der Waals surface area contributed by atoms with E-state index >= 15 is 0 Å². The van der Waals surface area contributed by atoms with Crippen molar-refractivity contribution in [2.24, 2.45) is 0 Å². The van der Waals surface area contributed by atoms with E-state index < -0.39 is 26.0 Å². The number of sulfonamides is 2. The Hall–Kier alpha value is -2.39. The van der Waals surface area contributed by atoms with Crippen molar-refractivity contribution in [3.05, 3.63) is 53.1 Å². The van der Waals surface area contributed by atoms with E-state index in [1.807, 2.05) is 26.0 Å². The van der Waals surface area contributed by atoms with Gasteiger partial charge in [-0.15, -0.1) is 0 Å². The average Bonchev–Trinajstić information content (AvgIpc) is 2.83. The molecule has 0 spiro atoms. The molecule has 1 aliphatic heterocycles. The predicted molar refractivity (Wildman–Crippen MR) is 104 cm³/mol. The average molecular weight is 409 g/mol. The molecule has 0 atom stereocenters. The van der Waals surface area contributed by atoms with Crippen molar-refractivity contribution < 1.29 is 21.6 Å². The summed E-state index contributed by atoms with van der Waals surface area (Å²) in [6.45, 7) is 5.29. The van der Waals surface area contributed by atoms with Gasteiger partial charge in [0.25, 0.3) is 10.0 Å². The topological polar surface area (TPSA) is 101 Å². The minimum atomic E-state index is -3.86. The van der Waals surface area contributed by atoms with E-state index in [0.29, 0.717) is 11.3 Å². The first-order valence-corrected chi connectivity index (χ1v) is 11.4. The number of rotatable bonds is 4. The molecule has 0 saturated carbocycles. The van der Waals surface area contributed by atoms with Crippen molar-refractivity contribution in [3.8, 4) is 0 Å². The van der Waals surface area contributed by atoms with Crippen molar-refractivity contribution >= 4 is 37.3 Å². The molecule has 1 amide bonds. The van der Waals surface area contributed by atoms with Gasteiger partial charge in [-0.1, -0.05) is 17.7 Å². The van der Waals surface area contributed by atoms with Crippen LogP contribution in [0.1, 0.15) is 23.1 Å². The second-order valence-electron chi connectivity index (χ2n) is 6.60. The summed E-state index contributed by atoms with van der Waals surface area (Å²) < 4.78 is 52.9. The number of aryl methyl sites for hydroxylation is 3. The van der Waals surface area contributed by atoms with Crippen LogP contribution in [0.15, 0.2) is 41.3 Å². The molecule has 144 valence electrons. The molecule has 0 unspecified atom stereocenters. The van der Waals surface area contributed by atoms with E-state index in [2.05, 4.69) is 4.72 Å². The number of hydrogen-bond donors (Lipinski definition) is 1. The number of anilines is 2. The monoisotopic (exact) mass is 408 g/mol. The second kappa shape index (κ2) is 6.65. The number of carbonyl (C=O) groups excluding carboxylic acids is 1. The Morgan fingerprint density at radius 2 is 1.70 bits per heavy atom. The van der Waals surface area contributed by atoms with Crippen molar-refractivity contribution in [2.45, 2.75) is 32.1 Å². The number of benzene rings is 2. The molecule has 0 radical (unpaired) electrons. The summed E-state index contributed by atoms with van der Waals surface area (Å²) in [5.74, 6) is -0.752. The molecule has 2 aromatic carbocycles. The van der Waals surface area contributed by atoms with Gasteiger partial charge in [0, 0.05) is 6.42 Å². The zero-order valence-corrected chi connectivity index (χ0v) is 16.8. The molecule has 27 heavy (non-hydrogen) atoms. The summed E-state index contributed by atoms with van der Waals surface area (Å²) in [5, 5.41) is 0. The number of carbonyl (C=O) groups is 1. The van der Waals surface area contributed by atoms with Gasteiger partial charge in [0.05, 0.1) is 22.0 Å². The maximum atomic E-state index is 12.8. The number of nitrogens with one attached hydrogen (secondary N) is 1. The zero-order valence-electron chi connectivity index (χ0n) is 15.2. The van der Waals surface area contributed by atoms with E-state index in [0.717, 1.165) is 15.4 Å². The van der Waals surface area contributed by atoms with E-state index in [9.17, 15) is 21.6 Å². The third-order valence-electron chi connectivity index (χ3n) is 4.39. The minimum absolute atomic E-state index is 0.0234. The molecule has 1 saturated heterocycles. The lowest BCUT2D eigenvalue weighted by Crippen LogP contribution is -2.29. The summed E-state index contributed by atoms with van der Waals surface area (Å²) >= 11 is 0. The summed E-state index contributed by atoms with van der Waals surface area (Å²) in [4.78, 5) is 11.9. The SMILES string of the molecule is Cc1ccc(NS(=O)(=O)c2ccc(N3C(=O)CCS3(=O)=O)cc2C)c(C)c1. The highest BCUT2D eigenvalue weighted by Gasteiger charge is 2.36. The van der Waals surface area contributed by atoms with Crippen LogP contribution < -0.4 is 9.03 Å². The largest absolute Gasteiger partial charge is 0.279 e. The highest BCUT2D eigenvalue weighted by atomic mass is 32.2. The summed E-state index contributed by atoms with van der Waals surface area (Å²) in [6, 6.07) is 9.43. The third-order valence-corrected chi connectivity index (χ3v) is 7.60. The van der Waals surface area contributed by atoms with Gasteiger partial charge in [0.1, 0.15) is 0 Å². The van der Waals surface area contributed by atoms with E-state index in [4.69, 9.17) is 0 Å². The Bertz CT molecular complexity index is 1140. The van der Waals surface area contributed by atoms with E-state index in [1.54, 1.807) is 13.0 Å². The minimum Gasteiger partial charge on any atom is -0.279 e. The van der Waals surface area contributed by atoms with Crippen molar-refractivity contribution in [2.75, 3.05) is 14.8 Å². The molecule has 1 aliphatic rings. The maximum Gasteiger partial charge on any atom is 0.262 e. The Balaban J connectivity index is 1.96. The van der Waals surface area contributed by atoms with Crippen LogP contribution in [0, 0.1) is 20.8 Å². The molecular formula is C18H20N2O5S2. The Labute approximate surface area is 159 Å². The molecule has 9 heteroatoms. The van der Waals surface area contributed by atoms with Gasteiger partial charge in [0.2, 0.25) is 15.9 Å². The van der Waals surface area contributed by atoms with Crippen LogP contribution in [-0.4, -0.2) is 28.5 Å². The standard InChI is InChI=1S/C18H20N2O5S2/c1-12-4-6-16(13(2)10-12)19-27(24,25)17-7-5-15(11-14(17)3)20-18(21)8-9-26(20,22)23/h4-7,10-11,19H,8-9H2,1-3H3. The van der Waals surface area contributed by atoms with Crippen molar-refractivity contribution in [1.82, 2.24) is 0 Å². The van der Waals surface area contributed by atoms with Gasteiger partial charge in [-0.3, -0.25) is 9.52 Å². The molecule has 0 bridgehead atoms. The Morgan fingerprint density at radius 1 is 1.00 bits per heavy atom. The molecule has 2 aromatic rings. The van der Waals surface area contributed by atoms with Crippen molar-refractivity contribution in [1.29, 1.82) is 0 Å². The first kappa shape index (κ1) is 19.4. The molecule has 1 heterocycles. The van der Waals surface area contributed by atoms with Crippen LogP contribution in [0.2, 0.25) is 0 Å². The quantitative estimate of drug-likeness (QED) is 0.838. The van der Waals surface area contributed by atoms with Crippen LogP contribution in [0.4, 0.5) is 11.4 Å². The fourth-order valence-corrected chi connectivity index (χ4v) is 5.87. The summed E-state index contributed by atoms with van der Waals surface area (Å²) in [5.41, 5.74) is 2.79. The van der Waals surface area contributed by atoms with Gasteiger partial charge < -0.3 is 0 Å². The van der Waals surface area contributed by atoms with Gasteiger partial charge >= 0.3 is 0 Å². The lowest BCUT2D eigenvalue weighted by Gasteiger charge is -2.17. The van der Waals surface area contributed by atoms with Crippen LogP contribution in [-0.2, 0) is 24.8 Å². The molecule has 0 aromatic heterocycles. The van der Waals surface area contributed by atoms with Gasteiger partial charge in [-0.2, -0.15) is 0 Å². The highest BCUT2D eigenvalue weighted by Crippen LogP contribution is 2.29. The van der Waals surface area contributed by atoms with Gasteiger partial charge in [-0.05, 0) is 56.2 Å². The first-order chi connectivity index (χ1) is 12.5. The number of hydrogen-bond acceptors (Lipinski definition) is 5. The molecule has 7 nitrogen and oxygen atoms in total. The van der Waals surface area contributed by atoms with E-state index in [1.165, 1.54) is 18.2 Å². The zero-order chi connectivity index (χ0) is 20.0. The highest BCUT2D eigenvalue weighted by molar-refractivity contribution is 7.94. The number of nitrogens with zero attached hydrogens (tertiary/aromatic N) is 1. The fourth-order valence-electron chi connectivity index (χ4n) is 3.06. The van der Waals surface area contributed by atoms with Crippen LogP contribution in [0.25, 0.3) is 0 Å². The smallest absolute Gasteiger partial charge is 0.262 e. The predicted octanol–water partition coefficient (Wildman–Crippen LogP) is 2.48. The Morgan fingerprint density at radius 3 is 2.26 bits per heavy atom. The summed E-state index contributed by atoms with van der Waals surface area (Å²) in [6.07, 6.45) is -0.0737. The lowest BCUT2D eigenvalue weighted by atomic mass is 10.1. The fraction of sp³-hybridized carbons (Fsp3) is 0.278. The molecule has 1 N–H and O–H groups in total. The van der Waals surface area contributed by atoms with Crippen LogP contribution >= 0.6 is 0 Å². The molecule has 0 aliphatic carbocycles. The number of amides is 1. The normalized spacial score (nSPS) is 16.6.